The zero-order chi connectivity index (χ0) is 12.0. The van der Waals surface area contributed by atoms with Crippen molar-refractivity contribution < 1.29 is 13.2 Å². The van der Waals surface area contributed by atoms with Crippen molar-refractivity contribution in [3.8, 4) is 0 Å². The Bertz CT molecular complexity index is 300. The van der Waals surface area contributed by atoms with Gasteiger partial charge in [-0.2, -0.15) is 13.2 Å². The molecule has 0 saturated carbocycles. The molecule has 1 atom stereocenters. The number of nitrogens with one attached hydrogen (secondary N) is 1. The minimum Gasteiger partial charge on any atom is -0.310 e. The molecule has 3 nitrogen and oxygen atoms in total. The third kappa shape index (κ3) is 4.57. The SMILES string of the molecule is CNC(CCCC(F)(F)F)c1ncccn1. The number of nitrogens with zero attached hydrogens (tertiary/aromatic N) is 2. The van der Waals surface area contributed by atoms with Crippen molar-refractivity contribution in [1.29, 1.82) is 0 Å². The number of alkyl halides is 3. The minimum atomic E-state index is -4.09. The fourth-order valence-electron chi connectivity index (χ4n) is 1.40. The third-order valence-corrected chi connectivity index (χ3v) is 2.20. The molecule has 0 aliphatic heterocycles. The summed E-state index contributed by atoms with van der Waals surface area (Å²) in [6, 6.07) is 1.45. The summed E-state index contributed by atoms with van der Waals surface area (Å²) < 4.78 is 35.9. The fourth-order valence-corrected chi connectivity index (χ4v) is 1.40. The van der Waals surface area contributed by atoms with Crippen molar-refractivity contribution in [2.45, 2.75) is 31.5 Å². The molecule has 0 bridgehead atoms. The smallest absolute Gasteiger partial charge is 0.310 e. The number of halogens is 3. The van der Waals surface area contributed by atoms with Gasteiger partial charge < -0.3 is 5.32 Å². The Morgan fingerprint density at radius 2 is 1.94 bits per heavy atom. The average Bonchev–Trinajstić information content (AvgIpc) is 2.24. The molecule has 0 aromatic carbocycles. The summed E-state index contributed by atoms with van der Waals surface area (Å²) in [5, 5.41) is 2.91. The van der Waals surface area contributed by atoms with Gasteiger partial charge in [-0.1, -0.05) is 0 Å². The topological polar surface area (TPSA) is 37.8 Å². The molecule has 0 radical (unpaired) electrons. The molecule has 16 heavy (non-hydrogen) atoms. The second-order valence-electron chi connectivity index (χ2n) is 3.46. The molecular formula is C10H14F3N3. The van der Waals surface area contributed by atoms with Gasteiger partial charge >= 0.3 is 6.18 Å². The van der Waals surface area contributed by atoms with Crippen molar-refractivity contribution in [2.75, 3.05) is 7.05 Å². The highest BCUT2D eigenvalue weighted by Gasteiger charge is 2.27. The van der Waals surface area contributed by atoms with E-state index >= 15 is 0 Å². The predicted molar refractivity (Wildman–Crippen MR) is 53.7 cm³/mol. The van der Waals surface area contributed by atoms with E-state index in [1.165, 1.54) is 0 Å². The predicted octanol–water partition coefficient (Wildman–Crippen LogP) is 2.47. The van der Waals surface area contributed by atoms with Crippen molar-refractivity contribution in [3.05, 3.63) is 24.3 Å². The van der Waals surface area contributed by atoms with E-state index in [-0.39, 0.29) is 12.5 Å². The van der Waals surface area contributed by atoms with Crippen molar-refractivity contribution in [3.63, 3.8) is 0 Å². The Labute approximate surface area is 92.1 Å². The van der Waals surface area contributed by atoms with Gasteiger partial charge in [0.05, 0.1) is 6.04 Å². The quantitative estimate of drug-likeness (QED) is 0.849. The zero-order valence-corrected chi connectivity index (χ0v) is 8.96. The van der Waals surface area contributed by atoms with Gasteiger partial charge in [-0.3, -0.25) is 0 Å². The molecule has 1 aromatic rings. The first kappa shape index (κ1) is 12.9. The number of rotatable bonds is 5. The highest BCUT2D eigenvalue weighted by Crippen LogP contribution is 2.24. The lowest BCUT2D eigenvalue weighted by Crippen LogP contribution is -2.19. The highest BCUT2D eigenvalue weighted by molar-refractivity contribution is 4.95. The number of aromatic nitrogens is 2. The molecule has 6 heteroatoms. The van der Waals surface area contributed by atoms with Gasteiger partial charge in [0.25, 0.3) is 0 Å². The van der Waals surface area contributed by atoms with Crippen LogP contribution >= 0.6 is 0 Å². The van der Waals surface area contributed by atoms with Crippen LogP contribution in [0.3, 0.4) is 0 Å². The Kier molecular flexibility index (Phi) is 4.67. The first-order chi connectivity index (χ1) is 7.53. The van der Waals surface area contributed by atoms with E-state index < -0.39 is 12.6 Å². The molecule has 0 saturated heterocycles. The summed E-state index contributed by atoms with van der Waals surface area (Å²) in [6.45, 7) is 0. The van der Waals surface area contributed by atoms with Crippen molar-refractivity contribution in [1.82, 2.24) is 15.3 Å². The highest BCUT2D eigenvalue weighted by atomic mass is 19.4. The molecule has 0 aliphatic rings. The number of hydrogen-bond acceptors (Lipinski definition) is 3. The molecule has 1 rings (SSSR count). The molecule has 90 valence electrons. The molecular weight excluding hydrogens is 219 g/mol. The molecule has 1 aromatic heterocycles. The van der Waals surface area contributed by atoms with Gasteiger partial charge in [-0.05, 0) is 26.0 Å². The standard InChI is InChI=1S/C10H14F3N3/c1-14-8(4-2-5-10(11,12)13)9-15-6-3-7-16-9/h3,6-8,14H,2,4-5H2,1H3. The van der Waals surface area contributed by atoms with Crippen LogP contribution in [0, 0.1) is 0 Å². The lowest BCUT2D eigenvalue weighted by Gasteiger charge is -2.14. The van der Waals surface area contributed by atoms with Crippen LogP contribution in [0.5, 0.6) is 0 Å². The Balaban J connectivity index is 2.45. The first-order valence-electron chi connectivity index (χ1n) is 5.04. The van der Waals surface area contributed by atoms with Gasteiger partial charge in [0.2, 0.25) is 0 Å². The summed E-state index contributed by atoms with van der Waals surface area (Å²) >= 11 is 0. The van der Waals surface area contributed by atoms with E-state index in [1.54, 1.807) is 25.5 Å². The van der Waals surface area contributed by atoms with Gasteiger partial charge in [0, 0.05) is 18.8 Å². The second-order valence-corrected chi connectivity index (χ2v) is 3.46. The Morgan fingerprint density at radius 3 is 2.44 bits per heavy atom. The molecule has 0 fully saturated rings. The van der Waals surface area contributed by atoms with E-state index in [0.717, 1.165) is 0 Å². The molecule has 0 aliphatic carbocycles. The summed E-state index contributed by atoms with van der Waals surface area (Å²) in [4.78, 5) is 8.02. The average molecular weight is 233 g/mol. The lowest BCUT2D eigenvalue weighted by atomic mass is 10.1. The van der Waals surface area contributed by atoms with Crippen LogP contribution in [0.1, 0.15) is 31.1 Å². The zero-order valence-electron chi connectivity index (χ0n) is 8.96. The Morgan fingerprint density at radius 1 is 1.31 bits per heavy atom. The largest absolute Gasteiger partial charge is 0.389 e. The summed E-state index contributed by atoms with van der Waals surface area (Å²) in [5.41, 5.74) is 0. The van der Waals surface area contributed by atoms with Crippen molar-refractivity contribution >= 4 is 0 Å². The normalized spacial score (nSPS) is 13.8. The molecule has 0 amide bonds. The summed E-state index contributed by atoms with van der Waals surface area (Å²) in [6.07, 6.45) is -1.24. The van der Waals surface area contributed by atoms with Crippen LogP contribution in [0.2, 0.25) is 0 Å². The maximum atomic E-state index is 12.0. The molecule has 1 heterocycles. The van der Waals surface area contributed by atoms with Gasteiger partial charge in [-0.15, -0.1) is 0 Å². The van der Waals surface area contributed by atoms with Gasteiger partial charge in [-0.25, -0.2) is 9.97 Å². The van der Waals surface area contributed by atoms with E-state index in [2.05, 4.69) is 15.3 Å². The molecule has 1 unspecified atom stereocenters. The summed E-state index contributed by atoms with van der Waals surface area (Å²) in [5.74, 6) is 0.534. The van der Waals surface area contributed by atoms with Gasteiger partial charge in [0.1, 0.15) is 5.82 Å². The number of hydrogen-bond donors (Lipinski definition) is 1. The molecule has 1 N–H and O–H groups in total. The first-order valence-corrected chi connectivity index (χ1v) is 5.04. The van der Waals surface area contributed by atoms with E-state index in [9.17, 15) is 13.2 Å². The third-order valence-electron chi connectivity index (χ3n) is 2.20. The maximum absolute atomic E-state index is 12.0. The van der Waals surface area contributed by atoms with E-state index in [0.29, 0.717) is 12.2 Å². The molecule has 0 spiro atoms. The monoisotopic (exact) mass is 233 g/mol. The van der Waals surface area contributed by atoms with Gasteiger partial charge in [0.15, 0.2) is 0 Å². The summed E-state index contributed by atoms with van der Waals surface area (Å²) in [7, 11) is 1.69. The minimum absolute atomic E-state index is 0.0766. The van der Waals surface area contributed by atoms with Crippen LogP contribution in [-0.4, -0.2) is 23.2 Å². The second kappa shape index (κ2) is 5.79. The van der Waals surface area contributed by atoms with E-state index in [4.69, 9.17) is 0 Å². The van der Waals surface area contributed by atoms with Crippen LogP contribution in [0.25, 0.3) is 0 Å². The van der Waals surface area contributed by atoms with Crippen LogP contribution in [0.15, 0.2) is 18.5 Å². The van der Waals surface area contributed by atoms with Crippen molar-refractivity contribution in [2.24, 2.45) is 0 Å². The van der Waals surface area contributed by atoms with Crippen LogP contribution in [0.4, 0.5) is 13.2 Å². The maximum Gasteiger partial charge on any atom is 0.389 e. The Hall–Kier alpha value is -1.17. The van der Waals surface area contributed by atoms with Crippen LogP contribution < -0.4 is 5.32 Å². The van der Waals surface area contributed by atoms with Crippen LogP contribution in [-0.2, 0) is 0 Å². The fraction of sp³-hybridized carbons (Fsp3) is 0.600. The van der Waals surface area contributed by atoms with E-state index in [1.807, 2.05) is 0 Å². The lowest BCUT2D eigenvalue weighted by molar-refractivity contribution is -0.135.